The van der Waals surface area contributed by atoms with Gasteiger partial charge in [0.1, 0.15) is 18.8 Å². The van der Waals surface area contributed by atoms with Gasteiger partial charge in [0, 0.05) is 19.0 Å². The molecule has 0 fully saturated rings. The molecule has 2 amide bonds. The number of hydrogen-bond acceptors (Lipinski definition) is 6. The van der Waals surface area contributed by atoms with Gasteiger partial charge in [-0.1, -0.05) is 12.7 Å². The Kier molecular flexibility index (Phi) is 9.93. The first-order chi connectivity index (χ1) is 11.9. The third kappa shape index (κ3) is 11.8. The van der Waals surface area contributed by atoms with E-state index in [0.29, 0.717) is 0 Å². The van der Waals surface area contributed by atoms with E-state index in [1.165, 1.54) is 6.08 Å². The molecule has 0 heterocycles. The van der Waals surface area contributed by atoms with Crippen LogP contribution in [0.2, 0.25) is 0 Å². The Labute approximate surface area is 151 Å². The highest BCUT2D eigenvalue weighted by atomic mass is 19.1. The number of amides is 2. The van der Waals surface area contributed by atoms with Crippen LogP contribution in [0.4, 0.5) is 14.0 Å². The number of nitrogens with zero attached hydrogens (tertiary/aromatic N) is 1. The number of esters is 1. The maximum Gasteiger partial charge on any atom is 0.410 e. The number of carboxylic acids is 1. The molecular formula is C16H25FN2O7. The molecule has 1 atom stereocenters. The van der Waals surface area contributed by atoms with E-state index in [1.807, 2.05) is 5.32 Å². The maximum atomic E-state index is 12.7. The van der Waals surface area contributed by atoms with Crippen LogP contribution in [-0.2, 0) is 19.1 Å². The molecule has 0 radical (unpaired) electrons. The van der Waals surface area contributed by atoms with Gasteiger partial charge in [-0.25, -0.2) is 9.59 Å². The van der Waals surface area contributed by atoms with E-state index in [0.717, 1.165) is 4.90 Å². The second-order valence-corrected chi connectivity index (χ2v) is 6.38. The van der Waals surface area contributed by atoms with Crippen molar-refractivity contribution in [3.8, 4) is 0 Å². The van der Waals surface area contributed by atoms with Crippen LogP contribution in [0, 0.1) is 0 Å². The molecule has 1 unspecified atom stereocenters. The second-order valence-electron chi connectivity index (χ2n) is 6.38. The number of rotatable bonds is 10. The van der Waals surface area contributed by atoms with Crippen molar-refractivity contribution >= 4 is 24.2 Å². The van der Waals surface area contributed by atoms with E-state index in [2.05, 4.69) is 6.58 Å². The summed E-state index contributed by atoms with van der Waals surface area (Å²) in [5.74, 6) is -1.90. The highest BCUT2D eigenvalue weighted by molar-refractivity contribution is 5.77. The predicted molar refractivity (Wildman–Crippen MR) is 89.3 cm³/mol. The lowest BCUT2D eigenvalue weighted by Crippen LogP contribution is -2.47. The molecular weight excluding hydrogens is 351 g/mol. The van der Waals surface area contributed by atoms with Crippen LogP contribution in [0.25, 0.3) is 0 Å². The zero-order valence-corrected chi connectivity index (χ0v) is 15.1. The maximum absolute atomic E-state index is 12.7. The van der Waals surface area contributed by atoms with Crippen LogP contribution < -0.4 is 5.32 Å². The first-order valence-electron chi connectivity index (χ1n) is 7.86. The molecule has 0 aromatic rings. The number of nitrogens with one attached hydrogen (secondary N) is 1. The van der Waals surface area contributed by atoms with E-state index in [4.69, 9.17) is 14.6 Å². The quantitative estimate of drug-likeness (QED) is 0.258. The van der Waals surface area contributed by atoms with E-state index in [-0.39, 0.29) is 26.0 Å². The fourth-order valence-corrected chi connectivity index (χ4v) is 1.91. The number of hydrogen-bond donors (Lipinski definition) is 2. The van der Waals surface area contributed by atoms with Crippen LogP contribution in [0.5, 0.6) is 0 Å². The van der Waals surface area contributed by atoms with Crippen LogP contribution in [0.3, 0.4) is 0 Å². The van der Waals surface area contributed by atoms with Crippen LogP contribution in [0.15, 0.2) is 12.7 Å². The molecule has 0 bridgehead atoms. The van der Waals surface area contributed by atoms with E-state index >= 15 is 0 Å². The number of carbonyl (C=O) groups is 4. The molecule has 0 saturated carbocycles. The Morgan fingerprint density at radius 1 is 1.31 bits per heavy atom. The highest BCUT2D eigenvalue weighted by Crippen LogP contribution is 2.11. The van der Waals surface area contributed by atoms with E-state index < -0.39 is 42.4 Å². The molecule has 2 N–H and O–H groups in total. The molecule has 26 heavy (non-hydrogen) atoms. The van der Waals surface area contributed by atoms with Gasteiger partial charge >= 0.3 is 24.2 Å². The molecule has 0 aromatic carbocycles. The lowest BCUT2D eigenvalue weighted by Gasteiger charge is -2.26. The van der Waals surface area contributed by atoms with Crippen molar-refractivity contribution in [3.63, 3.8) is 0 Å². The van der Waals surface area contributed by atoms with Crippen molar-refractivity contribution in [2.45, 2.75) is 45.3 Å². The number of halogens is 1. The Balaban J connectivity index is 4.96. The number of carboxylic acid groups (broad SMARTS) is 1. The van der Waals surface area contributed by atoms with Crippen molar-refractivity contribution in [3.05, 3.63) is 12.7 Å². The van der Waals surface area contributed by atoms with E-state index in [9.17, 15) is 23.6 Å². The predicted octanol–water partition coefficient (Wildman–Crippen LogP) is 1.87. The van der Waals surface area contributed by atoms with Crippen LogP contribution in [0.1, 0.15) is 33.6 Å². The van der Waals surface area contributed by atoms with Crippen LogP contribution in [-0.4, -0.2) is 65.5 Å². The number of carbonyl (C=O) groups excluding carboxylic acids is 3. The summed E-state index contributed by atoms with van der Waals surface area (Å²) in [6, 6.07) is -1.00. The van der Waals surface area contributed by atoms with Gasteiger partial charge in [-0.3, -0.25) is 14.5 Å². The average Bonchev–Trinajstić information content (AvgIpc) is 2.46. The van der Waals surface area contributed by atoms with Crippen molar-refractivity contribution in [1.82, 2.24) is 10.2 Å². The van der Waals surface area contributed by atoms with Gasteiger partial charge in [0.05, 0.1) is 0 Å². The Morgan fingerprint density at radius 3 is 2.38 bits per heavy atom. The summed E-state index contributed by atoms with van der Waals surface area (Å²) in [5, 5.41) is 10.8. The van der Waals surface area contributed by atoms with Gasteiger partial charge in [0.2, 0.25) is 0 Å². The molecule has 0 aliphatic carbocycles. The summed E-state index contributed by atoms with van der Waals surface area (Å²) in [5.41, 5.74) is -0.709. The molecule has 10 heteroatoms. The third-order valence-electron chi connectivity index (χ3n) is 2.78. The summed E-state index contributed by atoms with van der Waals surface area (Å²) in [6.07, 6.45) is -1.77. The van der Waals surface area contributed by atoms with E-state index in [1.54, 1.807) is 20.8 Å². The van der Waals surface area contributed by atoms with Gasteiger partial charge < -0.3 is 19.9 Å². The monoisotopic (exact) mass is 376 g/mol. The first kappa shape index (κ1) is 23.4. The summed E-state index contributed by atoms with van der Waals surface area (Å²) < 4.78 is 22.6. The molecule has 0 aliphatic rings. The van der Waals surface area contributed by atoms with Gasteiger partial charge in [-0.05, 0) is 27.2 Å². The second kappa shape index (κ2) is 11.1. The largest absolute Gasteiger partial charge is 0.480 e. The lowest BCUT2D eigenvalue weighted by molar-refractivity contribution is -0.155. The molecule has 0 aliphatic heterocycles. The Hall–Kier alpha value is -2.65. The fourth-order valence-electron chi connectivity index (χ4n) is 1.91. The van der Waals surface area contributed by atoms with Gasteiger partial charge in [-0.15, -0.1) is 4.39 Å². The number of aliphatic carboxylic acids is 1. The molecule has 0 rings (SSSR count). The topological polar surface area (TPSA) is 122 Å². The normalized spacial score (nSPS) is 11.8. The van der Waals surface area contributed by atoms with Crippen molar-refractivity contribution in [1.29, 1.82) is 0 Å². The average molecular weight is 376 g/mol. The molecule has 148 valence electrons. The van der Waals surface area contributed by atoms with Gasteiger partial charge in [0.25, 0.3) is 0 Å². The molecule has 0 aromatic heterocycles. The minimum absolute atomic E-state index is 0.0601. The smallest absolute Gasteiger partial charge is 0.410 e. The Morgan fingerprint density at radius 2 is 1.92 bits per heavy atom. The van der Waals surface area contributed by atoms with Crippen molar-refractivity contribution in [2.75, 3.05) is 19.7 Å². The number of ether oxygens (including phenoxy) is 2. The summed E-state index contributed by atoms with van der Waals surface area (Å²) in [6.45, 7) is 7.16. The van der Waals surface area contributed by atoms with Crippen molar-refractivity contribution in [2.24, 2.45) is 0 Å². The van der Waals surface area contributed by atoms with Gasteiger partial charge in [-0.2, -0.15) is 0 Å². The summed E-state index contributed by atoms with van der Waals surface area (Å²) in [4.78, 5) is 46.0. The van der Waals surface area contributed by atoms with Crippen LogP contribution >= 0.6 is 0 Å². The summed E-state index contributed by atoms with van der Waals surface area (Å²) >= 11 is 0. The minimum atomic E-state index is -1.87. The third-order valence-corrected chi connectivity index (χ3v) is 2.78. The zero-order valence-electron chi connectivity index (χ0n) is 15.1. The SMILES string of the molecule is C=CCOC(=O)N(CC(=O)O)CC(CCC(=O)OC(C)(C)C)NC(=O)F. The van der Waals surface area contributed by atoms with Crippen molar-refractivity contribution < 1.29 is 38.1 Å². The molecule has 0 spiro atoms. The Bertz CT molecular complexity index is 531. The fraction of sp³-hybridized carbons (Fsp3) is 0.625. The lowest BCUT2D eigenvalue weighted by atomic mass is 10.1. The summed E-state index contributed by atoms with van der Waals surface area (Å²) in [7, 11) is 0. The molecule has 9 nitrogen and oxygen atoms in total. The van der Waals surface area contributed by atoms with Gasteiger partial charge in [0.15, 0.2) is 0 Å². The minimum Gasteiger partial charge on any atom is -0.480 e. The zero-order chi connectivity index (χ0) is 20.3. The molecule has 0 saturated heterocycles. The first-order valence-corrected chi connectivity index (χ1v) is 7.86. The standard InChI is InChI=1S/C16H25FN2O7/c1-5-8-25-15(24)19(10-12(20)21)9-11(18-14(17)23)6-7-13(22)26-16(2,3)4/h5,11H,1,6-10H2,2-4H3,(H,18,23)(H,20,21). The highest BCUT2D eigenvalue weighted by Gasteiger charge is 2.25.